The second kappa shape index (κ2) is 8.77. The molecule has 0 aliphatic carbocycles. The molecule has 2 aromatic rings. The molecule has 0 aliphatic rings. The fourth-order valence-electron chi connectivity index (χ4n) is 1.81. The van der Waals surface area contributed by atoms with Crippen molar-refractivity contribution in [2.24, 2.45) is 0 Å². The fourth-order valence-corrected chi connectivity index (χ4v) is 2.16. The van der Waals surface area contributed by atoms with E-state index in [1.807, 2.05) is 6.92 Å². The van der Waals surface area contributed by atoms with Crippen molar-refractivity contribution in [3.05, 3.63) is 58.1 Å². The lowest BCUT2D eigenvalue weighted by Crippen LogP contribution is -2.12. The van der Waals surface area contributed by atoms with Crippen LogP contribution in [0.4, 0.5) is 5.69 Å². The van der Waals surface area contributed by atoms with Gasteiger partial charge in [0, 0.05) is 5.56 Å². The van der Waals surface area contributed by atoms with Gasteiger partial charge in [-0.3, -0.25) is 4.79 Å². The minimum atomic E-state index is -0.275. The molecule has 122 valence electrons. The third kappa shape index (κ3) is 5.13. The Kier molecular flexibility index (Phi) is 6.71. The summed E-state index contributed by atoms with van der Waals surface area (Å²) in [5, 5.41) is 3.43. The molecule has 1 amide bonds. The van der Waals surface area contributed by atoms with Crippen LogP contribution in [0.3, 0.4) is 0 Å². The van der Waals surface area contributed by atoms with Crippen LogP contribution in [-0.2, 0) is 4.74 Å². The standard InChI is InChI=1S/C17H17Cl2NO3/c1-2-10-22-11-23-13-8-6-12(7-9-13)17(21)20-15-5-3-4-14(18)16(15)19/h3-9H,2,10-11H2,1H3,(H,20,21). The Morgan fingerprint density at radius 3 is 2.57 bits per heavy atom. The van der Waals surface area contributed by atoms with Crippen molar-refractivity contribution in [2.75, 3.05) is 18.7 Å². The fraction of sp³-hybridized carbons (Fsp3) is 0.235. The molecule has 0 saturated heterocycles. The van der Waals surface area contributed by atoms with Gasteiger partial charge in [0.25, 0.3) is 5.91 Å². The van der Waals surface area contributed by atoms with Crippen molar-refractivity contribution in [1.82, 2.24) is 0 Å². The lowest BCUT2D eigenvalue weighted by Gasteiger charge is -2.09. The molecule has 0 saturated carbocycles. The average Bonchev–Trinajstić information content (AvgIpc) is 2.56. The quantitative estimate of drug-likeness (QED) is 0.562. The summed E-state index contributed by atoms with van der Waals surface area (Å²) in [7, 11) is 0. The Bertz CT molecular complexity index is 659. The van der Waals surface area contributed by atoms with Crippen molar-refractivity contribution >= 4 is 34.8 Å². The summed E-state index contributed by atoms with van der Waals surface area (Å²) in [6.07, 6.45) is 0.939. The van der Waals surface area contributed by atoms with Crippen molar-refractivity contribution in [3.63, 3.8) is 0 Å². The van der Waals surface area contributed by atoms with Crippen molar-refractivity contribution in [3.8, 4) is 5.75 Å². The van der Waals surface area contributed by atoms with Gasteiger partial charge in [-0.25, -0.2) is 0 Å². The molecule has 0 fully saturated rings. The molecule has 0 aromatic heterocycles. The van der Waals surface area contributed by atoms with Gasteiger partial charge in [-0.1, -0.05) is 36.2 Å². The van der Waals surface area contributed by atoms with Crippen LogP contribution in [0.25, 0.3) is 0 Å². The van der Waals surface area contributed by atoms with E-state index in [1.165, 1.54) is 0 Å². The summed E-state index contributed by atoms with van der Waals surface area (Å²) < 4.78 is 10.6. The third-order valence-corrected chi connectivity index (χ3v) is 3.79. The summed E-state index contributed by atoms with van der Waals surface area (Å²) >= 11 is 12.0. The number of nitrogens with one attached hydrogen (secondary N) is 1. The summed E-state index contributed by atoms with van der Waals surface area (Å²) in [5.41, 5.74) is 0.959. The Balaban J connectivity index is 1.96. The SMILES string of the molecule is CCCOCOc1ccc(C(=O)Nc2cccc(Cl)c2Cl)cc1. The zero-order valence-electron chi connectivity index (χ0n) is 12.6. The number of halogens is 2. The molecular formula is C17H17Cl2NO3. The molecule has 0 unspecified atom stereocenters. The maximum absolute atomic E-state index is 12.2. The number of anilines is 1. The van der Waals surface area contributed by atoms with Gasteiger partial charge in [-0.05, 0) is 42.8 Å². The van der Waals surface area contributed by atoms with Crippen LogP contribution in [0, 0.1) is 0 Å². The number of carbonyl (C=O) groups excluding carboxylic acids is 1. The van der Waals surface area contributed by atoms with Crippen LogP contribution in [0.2, 0.25) is 10.0 Å². The molecule has 0 radical (unpaired) electrons. The average molecular weight is 354 g/mol. The minimum absolute atomic E-state index is 0.192. The first-order chi connectivity index (χ1) is 11.1. The summed E-state index contributed by atoms with van der Waals surface area (Å²) in [4.78, 5) is 12.2. The Morgan fingerprint density at radius 1 is 1.13 bits per heavy atom. The molecule has 2 rings (SSSR count). The normalized spacial score (nSPS) is 10.4. The molecule has 2 aromatic carbocycles. The number of carbonyl (C=O) groups is 1. The van der Waals surface area contributed by atoms with Crippen molar-refractivity contribution in [1.29, 1.82) is 0 Å². The first-order valence-corrected chi connectivity index (χ1v) is 7.93. The largest absolute Gasteiger partial charge is 0.468 e. The van der Waals surface area contributed by atoms with Crippen LogP contribution in [0.15, 0.2) is 42.5 Å². The zero-order chi connectivity index (χ0) is 16.7. The van der Waals surface area contributed by atoms with Gasteiger partial charge in [-0.2, -0.15) is 0 Å². The third-order valence-electron chi connectivity index (χ3n) is 2.97. The van der Waals surface area contributed by atoms with Crippen molar-refractivity contribution in [2.45, 2.75) is 13.3 Å². The van der Waals surface area contributed by atoms with E-state index in [-0.39, 0.29) is 12.7 Å². The van der Waals surface area contributed by atoms with Gasteiger partial charge in [0.2, 0.25) is 0 Å². The van der Waals surface area contributed by atoms with E-state index < -0.39 is 0 Å². The van der Waals surface area contributed by atoms with E-state index in [9.17, 15) is 4.79 Å². The first-order valence-electron chi connectivity index (χ1n) is 7.17. The number of benzene rings is 2. The molecule has 6 heteroatoms. The molecule has 0 atom stereocenters. The molecule has 0 heterocycles. The highest BCUT2D eigenvalue weighted by Gasteiger charge is 2.10. The number of rotatable bonds is 7. The van der Waals surface area contributed by atoms with E-state index in [4.69, 9.17) is 32.7 Å². The molecular weight excluding hydrogens is 337 g/mol. The van der Waals surface area contributed by atoms with Gasteiger partial charge in [0.1, 0.15) is 5.75 Å². The minimum Gasteiger partial charge on any atom is -0.468 e. The Morgan fingerprint density at radius 2 is 1.87 bits per heavy atom. The Hall–Kier alpha value is -1.75. The zero-order valence-corrected chi connectivity index (χ0v) is 14.2. The van der Waals surface area contributed by atoms with E-state index in [1.54, 1.807) is 42.5 Å². The number of amides is 1. The van der Waals surface area contributed by atoms with Crippen LogP contribution >= 0.6 is 23.2 Å². The molecule has 4 nitrogen and oxygen atoms in total. The molecule has 0 bridgehead atoms. The Labute approximate surface area is 145 Å². The predicted octanol–water partition coefficient (Wildman–Crippen LogP) is 5.01. The number of ether oxygens (including phenoxy) is 2. The molecule has 0 spiro atoms. The monoisotopic (exact) mass is 353 g/mol. The van der Waals surface area contributed by atoms with Crippen LogP contribution in [0.5, 0.6) is 5.75 Å². The van der Waals surface area contributed by atoms with Gasteiger partial charge < -0.3 is 14.8 Å². The second-order valence-electron chi connectivity index (χ2n) is 4.75. The first kappa shape index (κ1) is 17.6. The van der Waals surface area contributed by atoms with E-state index >= 15 is 0 Å². The highest BCUT2D eigenvalue weighted by Crippen LogP contribution is 2.29. The van der Waals surface area contributed by atoms with Crippen molar-refractivity contribution < 1.29 is 14.3 Å². The maximum atomic E-state index is 12.2. The van der Waals surface area contributed by atoms with E-state index in [0.717, 1.165) is 6.42 Å². The van der Waals surface area contributed by atoms with Gasteiger partial charge >= 0.3 is 0 Å². The van der Waals surface area contributed by atoms with Gasteiger partial charge in [0.05, 0.1) is 22.3 Å². The number of hydrogen-bond donors (Lipinski definition) is 1. The highest BCUT2D eigenvalue weighted by molar-refractivity contribution is 6.44. The summed E-state index contributed by atoms with van der Waals surface area (Å²) in [6.45, 7) is 2.87. The molecule has 1 N–H and O–H groups in total. The van der Waals surface area contributed by atoms with Gasteiger partial charge in [0.15, 0.2) is 6.79 Å². The molecule has 0 aliphatic heterocycles. The lowest BCUT2D eigenvalue weighted by atomic mass is 10.2. The van der Waals surface area contributed by atoms with Crippen LogP contribution in [0.1, 0.15) is 23.7 Å². The maximum Gasteiger partial charge on any atom is 0.255 e. The smallest absolute Gasteiger partial charge is 0.255 e. The summed E-state index contributed by atoms with van der Waals surface area (Å²) in [5.74, 6) is 0.362. The topological polar surface area (TPSA) is 47.6 Å². The van der Waals surface area contributed by atoms with Crippen LogP contribution < -0.4 is 10.1 Å². The second-order valence-corrected chi connectivity index (χ2v) is 5.54. The van der Waals surface area contributed by atoms with Gasteiger partial charge in [-0.15, -0.1) is 0 Å². The number of hydrogen-bond acceptors (Lipinski definition) is 3. The van der Waals surface area contributed by atoms with E-state index in [2.05, 4.69) is 5.32 Å². The highest BCUT2D eigenvalue weighted by atomic mass is 35.5. The van der Waals surface area contributed by atoms with Crippen LogP contribution in [-0.4, -0.2) is 19.3 Å². The predicted molar refractivity (Wildman–Crippen MR) is 92.6 cm³/mol. The molecule has 23 heavy (non-hydrogen) atoms. The summed E-state index contributed by atoms with van der Waals surface area (Å²) in [6, 6.07) is 11.8. The lowest BCUT2D eigenvalue weighted by molar-refractivity contribution is 0.0157. The van der Waals surface area contributed by atoms with E-state index in [0.29, 0.717) is 33.7 Å².